The standard InChI is InChI=1S/C19H17N.ClH/c20-12-2-5-13-6-7-16-9-8-14-3-1-4-15-10-11-17(13)19(16)18(14)15;/h1,3-4,6-11H,2,5,12,20H2;1H. The summed E-state index contributed by atoms with van der Waals surface area (Å²) >= 11 is 0. The minimum atomic E-state index is 0. The van der Waals surface area contributed by atoms with Gasteiger partial charge in [0.2, 0.25) is 0 Å². The van der Waals surface area contributed by atoms with E-state index in [4.69, 9.17) is 5.73 Å². The molecule has 0 radical (unpaired) electrons. The van der Waals surface area contributed by atoms with Crippen molar-refractivity contribution >= 4 is 44.7 Å². The van der Waals surface area contributed by atoms with Crippen LogP contribution in [-0.2, 0) is 6.42 Å². The van der Waals surface area contributed by atoms with Crippen LogP contribution in [0.4, 0.5) is 0 Å². The summed E-state index contributed by atoms with van der Waals surface area (Å²) in [6, 6.07) is 20.0. The minimum Gasteiger partial charge on any atom is -0.330 e. The van der Waals surface area contributed by atoms with Crippen molar-refractivity contribution in [1.82, 2.24) is 0 Å². The van der Waals surface area contributed by atoms with Crippen LogP contribution >= 0.6 is 12.4 Å². The van der Waals surface area contributed by atoms with Crippen LogP contribution in [0.5, 0.6) is 0 Å². The van der Waals surface area contributed by atoms with Crippen molar-refractivity contribution in [3.05, 3.63) is 60.2 Å². The van der Waals surface area contributed by atoms with Crippen LogP contribution in [0, 0.1) is 0 Å². The van der Waals surface area contributed by atoms with Gasteiger partial charge in [0.05, 0.1) is 0 Å². The normalized spacial score (nSPS) is 11.3. The second kappa shape index (κ2) is 5.51. The molecule has 0 saturated heterocycles. The van der Waals surface area contributed by atoms with E-state index in [2.05, 4.69) is 54.6 Å². The van der Waals surface area contributed by atoms with E-state index in [9.17, 15) is 0 Å². The summed E-state index contributed by atoms with van der Waals surface area (Å²) in [5, 5.41) is 8.20. The van der Waals surface area contributed by atoms with Gasteiger partial charge in [-0.05, 0) is 57.3 Å². The molecule has 0 bridgehead atoms. The van der Waals surface area contributed by atoms with Crippen molar-refractivity contribution in [3.8, 4) is 0 Å². The summed E-state index contributed by atoms with van der Waals surface area (Å²) in [4.78, 5) is 0. The van der Waals surface area contributed by atoms with Gasteiger partial charge in [0.15, 0.2) is 0 Å². The molecule has 0 spiro atoms. The highest BCUT2D eigenvalue weighted by Gasteiger charge is 2.09. The summed E-state index contributed by atoms with van der Waals surface area (Å²) in [6.45, 7) is 0.752. The van der Waals surface area contributed by atoms with Gasteiger partial charge < -0.3 is 5.73 Å². The van der Waals surface area contributed by atoms with E-state index >= 15 is 0 Å². The Morgan fingerprint density at radius 2 is 1.33 bits per heavy atom. The molecule has 1 nitrogen and oxygen atoms in total. The van der Waals surface area contributed by atoms with E-state index in [1.54, 1.807) is 0 Å². The van der Waals surface area contributed by atoms with E-state index in [0.29, 0.717) is 0 Å². The predicted octanol–water partition coefficient (Wildman–Crippen LogP) is 4.90. The summed E-state index contributed by atoms with van der Waals surface area (Å²) < 4.78 is 0. The van der Waals surface area contributed by atoms with Gasteiger partial charge in [0.25, 0.3) is 0 Å². The lowest BCUT2D eigenvalue weighted by Gasteiger charge is -2.13. The molecule has 0 aliphatic carbocycles. The molecule has 0 unspecified atom stereocenters. The van der Waals surface area contributed by atoms with Gasteiger partial charge in [0, 0.05) is 0 Å². The maximum atomic E-state index is 5.66. The summed E-state index contributed by atoms with van der Waals surface area (Å²) in [6.07, 6.45) is 2.11. The van der Waals surface area contributed by atoms with Crippen molar-refractivity contribution in [1.29, 1.82) is 0 Å². The zero-order valence-corrected chi connectivity index (χ0v) is 12.6. The molecule has 2 N–H and O–H groups in total. The third-order valence-corrected chi connectivity index (χ3v) is 4.27. The first-order valence-corrected chi connectivity index (χ1v) is 7.24. The second-order valence-corrected chi connectivity index (χ2v) is 5.47. The van der Waals surface area contributed by atoms with Crippen LogP contribution in [0.15, 0.2) is 54.6 Å². The van der Waals surface area contributed by atoms with E-state index in [0.717, 1.165) is 19.4 Å². The fourth-order valence-electron chi connectivity index (χ4n) is 3.31. The lowest BCUT2D eigenvalue weighted by Crippen LogP contribution is -2.00. The van der Waals surface area contributed by atoms with Crippen molar-refractivity contribution in [2.75, 3.05) is 6.54 Å². The average molecular weight is 296 g/mol. The van der Waals surface area contributed by atoms with Crippen LogP contribution in [-0.4, -0.2) is 6.54 Å². The molecule has 2 heteroatoms. The Balaban J connectivity index is 0.00000132. The fraction of sp³-hybridized carbons (Fsp3) is 0.158. The lowest BCUT2D eigenvalue weighted by atomic mass is 9.91. The monoisotopic (exact) mass is 295 g/mol. The zero-order chi connectivity index (χ0) is 13.5. The van der Waals surface area contributed by atoms with Crippen LogP contribution in [0.2, 0.25) is 0 Å². The van der Waals surface area contributed by atoms with Gasteiger partial charge in [-0.15, -0.1) is 12.4 Å². The Morgan fingerprint density at radius 1 is 0.714 bits per heavy atom. The number of nitrogens with two attached hydrogens (primary N) is 1. The van der Waals surface area contributed by atoms with Crippen LogP contribution in [0.3, 0.4) is 0 Å². The molecule has 0 aliphatic rings. The van der Waals surface area contributed by atoms with Gasteiger partial charge in [-0.2, -0.15) is 0 Å². The van der Waals surface area contributed by atoms with Gasteiger partial charge in [-0.1, -0.05) is 54.6 Å². The Hall–Kier alpha value is -1.83. The van der Waals surface area contributed by atoms with Gasteiger partial charge in [0.1, 0.15) is 0 Å². The first kappa shape index (κ1) is 14.1. The van der Waals surface area contributed by atoms with Crippen LogP contribution in [0.1, 0.15) is 12.0 Å². The first-order valence-electron chi connectivity index (χ1n) is 7.24. The first-order chi connectivity index (χ1) is 9.88. The third kappa shape index (κ3) is 2.14. The van der Waals surface area contributed by atoms with Crippen molar-refractivity contribution < 1.29 is 0 Å². The number of hydrogen-bond acceptors (Lipinski definition) is 1. The fourth-order valence-corrected chi connectivity index (χ4v) is 3.31. The quantitative estimate of drug-likeness (QED) is 0.535. The van der Waals surface area contributed by atoms with E-state index in [1.165, 1.54) is 37.9 Å². The highest BCUT2D eigenvalue weighted by atomic mass is 35.5. The van der Waals surface area contributed by atoms with Gasteiger partial charge in [-0.3, -0.25) is 0 Å². The second-order valence-electron chi connectivity index (χ2n) is 5.47. The summed E-state index contributed by atoms with van der Waals surface area (Å²) in [5.41, 5.74) is 7.08. The molecule has 4 rings (SSSR count). The number of halogens is 1. The average Bonchev–Trinajstić information content (AvgIpc) is 2.51. The third-order valence-electron chi connectivity index (χ3n) is 4.27. The molecule has 4 aromatic carbocycles. The zero-order valence-electron chi connectivity index (χ0n) is 11.8. The van der Waals surface area contributed by atoms with Crippen LogP contribution < -0.4 is 5.73 Å². The van der Waals surface area contributed by atoms with Gasteiger partial charge in [-0.25, -0.2) is 0 Å². The van der Waals surface area contributed by atoms with Crippen molar-refractivity contribution in [2.45, 2.75) is 12.8 Å². The molecule has 0 amide bonds. The van der Waals surface area contributed by atoms with Crippen LogP contribution in [0.25, 0.3) is 32.3 Å². The van der Waals surface area contributed by atoms with Crippen molar-refractivity contribution in [3.63, 3.8) is 0 Å². The molecule has 0 aliphatic heterocycles. The lowest BCUT2D eigenvalue weighted by molar-refractivity contribution is 0.837. The molecule has 0 aromatic heterocycles. The number of benzene rings is 4. The van der Waals surface area contributed by atoms with E-state index in [-0.39, 0.29) is 12.4 Å². The Bertz CT molecular complexity index is 882. The highest BCUT2D eigenvalue weighted by molar-refractivity contribution is 6.23. The molecule has 21 heavy (non-hydrogen) atoms. The maximum absolute atomic E-state index is 5.66. The topological polar surface area (TPSA) is 26.0 Å². The molecule has 106 valence electrons. The van der Waals surface area contributed by atoms with E-state index < -0.39 is 0 Å². The molecular formula is C19H18ClN. The molecule has 4 aromatic rings. The maximum Gasteiger partial charge on any atom is -0.00240 e. The smallest absolute Gasteiger partial charge is 0.00240 e. The molecule has 0 heterocycles. The minimum absolute atomic E-state index is 0. The summed E-state index contributed by atoms with van der Waals surface area (Å²) in [5.74, 6) is 0. The number of aryl methyl sites for hydroxylation is 1. The van der Waals surface area contributed by atoms with Crippen molar-refractivity contribution in [2.24, 2.45) is 5.73 Å². The SMILES string of the molecule is Cl.NCCCc1ccc2ccc3cccc4ccc1c2c34. The summed E-state index contributed by atoms with van der Waals surface area (Å²) in [7, 11) is 0. The number of rotatable bonds is 3. The largest absolute Gasteiger partial charge is 0.330 e. The molecule has 0 saturated carbocycles. The Morgan fingerprint density at radius 3 is 2.05 bits per heavy atom. The highest BCUT2D eigenvalue weighted by Crippen LogP contribution is 2.36. The van der Waals surface area contributed by atoms with Gasteiger partial charge >= 0.3 is 0 Å². The van der Waals surface area contributed by atoms with E-state index in [1.807, 2.05) is 0 Å². The Kier molecular flexibility index (Phi) is 3.71. The molecule has 0 atom stereocenters. The Labute approximate surface area is 130 Å². The predicted molar refractivity (Wildman–Crippen MR) is 94.8 cm³/mol. The molecule has 0 fully saturated rings. The molecular weight excluding hydrogens is 278 g/mol. The number of hydrogen-bond donors (Lipinski definition) is 1.